The van der Waals surface area contributed by atoms with Crippen molar-refractivity contribution in [2.24, 2.45) is 0 Å². The Bertz CT molecular complexity index is 813. The van der Waals surface area contributed by atoms with Crippen LogP contribution in [-0.4, -0.2) is 44.2 Å². The Labute approximate surface area is 145 Å². The summed E-state index contributed by atoms with van der Waals surface area (Å²) in [4.78, 5) is 11.2. The fourth-order valence-electron chi connectivity index (χ4n) is 3.39. The molecule has 0 aromatic heterocycles. The van der Waals surface area contributed by atoms with Crippen molar-refractivity contribution in [1.29, 1.82) is 0 Å². The molecule has 1 aliphatic rings. The number of fused-ring (bicyclic) bond motifs is 1. The normalized spacial score (nSPS) is 26.4. The molecular formula is C20H22O5. The van der Waals surface area contributed by atoms with Gasteiger partial charge >= 0.3 is 5.97 Å². The van der Waals surface area contributed by atoms with Crippen molar-refractivity contribution in [1.82, 2.24) is 0 Å². The zero-order valence-electron chi connectivity index (χ0n) is 13.8. The molecule has 0 unspecified atom stereocenters. The minimum absolute atomic E-state index is 0.379. The summed E-state index contributed by atoms with van der Waals surface area (Å²) in [6.07, 6.45) is 0.240. The monoisotopic (exact) mass is 342 g/mol. The number of carboxylic acid groups (broad SMARTS) is 1. The summed E-state index contributed by atoms with van der Waals surface area (Å²) in [7, 11) is 0. The van der Waals surface area contributed by atoms with Crippen LogP contribution in [0.15, 0.2) is 54.1 Å². The molecule has 2 aromatic carbocycles. The summed E-state index contributed by atoms with van der Waals surface area (Å²) in [6.45, 7) is 0. The molecule has 0 fully saturated rings. The molecule has 0 aliphatic heterocycles. The van der Waals surface area contributed by atoms with Gasteiger partial charge in [0.05, 0.1) is 6.10 Å². The molecule has 0 amide bonds. The first-order valence-electron chi connectivity index (χ1n) is 8.40. The number of hydrogen-bond acceptors (Lipinski definition) is 4. The van der Waals surface area contributed by atoms with Crippen molar-refractivity contribution in [3.05, 3.63) is 59.7 Å². The van der Waals surface area contributed by atoms with Crippen LogP contribution >= 0.6 is 0 Å². The first-order valence-corrected chi connectivity index (χ1v) is 8.40. The molecule has 5 heteroatoms. The number of rotatable bonds is 5. The Hall–Kier alpha value is -2.21. The van der Waals surface area contributed by atoms with Gasteiger partial charge in [0, 0.05) is 6.42 Å². The van der Waals surface area contributed by atoms with E-state index in [0.717, 1.165) is 17.4 Å². The summed E-state index contributed by atoms with van der Waals surface area (Å²) < 4.78 is 0. The molecule has 0 radical (unpaired) electrons. The SMILES string of the molecule is O=C(O)[C@]1(O)C=C(CCCc2ccc3ccccc3c2)[C@@H](O)[C@H](O)C1. The smallest absolute Gasteiger partial charge is 0.339 e. The molecule has 3 rings (SSSR count). The van der Waals surface area contributed by atoms with Crippen molar-refractivity contribution in [3.8, 4) is 0 Å². The number of carbonyl (C=O) groups is 1. The van der Waals surface area contributed by atoms with Crippen molar-refractivity contribution in [3.63, 3.8) is 0 Å². The largest absolute Gasteiger partial charge is 0.479 e. The summed E-state index contributed by atoms with van der Waals surface area (Å²) in [5, 5.41) is 41.5. The van der Waals surface area contributed by atoms with Gasteiger partial charge in [-0.05, 0) is 47.2 Å². The number of aliphatic carboxylic acids is 1. The minimum atomic E-state index is -2.11. The van der Waals surface area contributed by atoms with Crippen molar-refractivity contribution < 1.29 is 25.2 Å². The van der Waals surface area contributed by atoms with E-state index in [1.165, 1.54) is 11.5 Å². The van der Waals surface area contributed by atoms with Crippen molar-refractivity contribution in [2.45, 2.75) is 43.5 Å². The van der Waals surface area contributed by atoms with E-state index in [-0.39, 0.29) is 0 Å². The van der Waals surface area contributed by atoms with Gasteiger partial charge < -0.3 is 20.4 Å². The fraction of sp³-hybridized carbons (Fsp3) is 0.350. The molecule has 132 valence electrons. The van der Waals surface area contributed by atoms with Crippen LogP contribution in [0.2, 0.25) is 0 Å². The highest BCUT2D eigenvalue weighted by Gasteiger charge is 2.43. The zero-order valence-corrected chi connectivity index (χ0v) is 13.8. The second-order valence-corrected chi connectivity index (χ2v) is 6.70. The first-order chi connectivity index (χ1) is 11.9. The Morgan fingerprint density at radius 2 is 1.80 bits per heavy atom. The van der Waals surface area contributed by atoms with Crippen molar-refractivity contribution >= 4 is 16.7 Å². The van der Waals surface area contributed by atoms with Gasteiger partial charge in [-0.1, -0.05) is 42.5 Å². The van der Waals surface area contributed by atoms with E-state index in [9.17, 15) is 20.1 Å². The Kier molecular flexibility index (Phi) is 4.90. The quantitative estimate of drug-likeness (QED) is 0.623. The molecule has 3 atom stereocenters. The molecular weight excluding hydrogens is 320 g/mol. The average molecular weight is 342 g/mol. The van der Waals surface area contributed by atoms with Crippen LogP contribution < -0.4 is 0 Å². The predicted octanol–water partition coefficient (Wildman–Crippen LogP) is 2.03. The lowest BCUT2D eigenvalue weighted by molar-refractivity contribution is -0.158. The highest BCUT2D eigenvalue weighted by atomic mass is 16.4. The highest BCUT2D eigenvalue weighted by Crippen LogP contribution is 2.30. The second kappa shape index (κ2) is 6.96. The highest BCUT2D eigenvalue weighted by molar-refractivity contribution is 5.83. The topological polar surface area (TPSA) is 98.0 Å². The van der Waals surface area contributed by atoms with E-state index in [0.29, 0.717) is 18.4 Å². The molecule has 0 bridgehead atoms. The Morgan fingerprint density at radius 1 is 1.08 bits per heavy atom. The van der Waals surface area contributed by atoms with E-state index in [1.807, 2.05) is 12.1 Å². The lowest BCUT2D eigenvalue weighted by Gasteiger charge is -2.33. The maximum absolute atomic E-state index is 11.2. The van der Waals surface area contributed by atoms with E-state index in [2.05, 4.69) is 30.3 Å². The Morgan fingerprint density at radius 3 is 2.52 bits per heavy atom. The van der Waals surface area contributed by atoms with Crippen LogP contribution in [0.25, 0.3) is 10.8 Å². The second-order valence-electron chi connectivity index (χ2n) is 6.70. The zero-order chi connectivity index (χ0) is 18.0. The van der Waals surface area contributed by atoms with E-state index in [4.69, 9.17) is 5.11 Å². The first kappa shape index (κ1) is 17.6. The molecule has 5 nitrogen and oxygen atoms in total. The molecule has 25 heavy (non-hydrogen) atoms. The molecule has 0 spiro atoms. The van der Waals surface area contributed by atoms with Crippen LogP contribution in [0.3, 0.4) is 0 Å². The van der Waals surface area contributed by atoms with Gasteiger partial charge in [-0.2, -0.15) is 0 Å². The van der Waals surface area contributed by atoms with Gasteiger partial charge in [0.1, 0.15) is 6.10 Å². The fourth-order valence-corrected chi connectivity index (χ4v) is 3.39. The number of hydrogen-bond donors (Lipinski definition) is 4. The van der Waals surface area contributed by atoms with Crippen LogP contribution in [0.1, 0.15) is 24.8 Å². The third-order valence-corrected chi connectivity index (χ3v) is 4.80. The number of carboxylic acids is 1. The third kappa shape index (κ3) is 3.74. The van der Waals surface area contributed by atoms with Crippen LogP contribution in [0.5, 0.6) is 0 Å². The standard InChI is InChI=1S/C20H22O5/c21-17-12-20(25,19(23)24)11-16(18(17)22)7-3-4-13-8-9-14-5-1-2-6-15(14)10-13/h1-2,5-6,8-11,17-18,21-22,25H,3-4,7,12H2,(H,23,24)/t17-,18-,20+/m1/s1. The van der Waals surface area contributed by atoms with Crippen LogP contribution in [0, 0.1) is 0 Å². The summed E-state index contributed by atoms with van der Waals surface area (Å²) in [6, 6.07) is 14.3. The van der Waals surface area contributed by atoms with Crippen LogP contribution in [0.4, 0.5) is 0 Å². The van der Waals surface area contributed by atoms with Gasteiger partial charge in [0.25, 0.3) is 0 Å². The molecule has 0 saturated heterocycles. The number of aryl methyl sites for hydroxylation is 1. The maximum Gasteiger partial charge on any atom is 0.339 e. The van der Waals surface area contributed by atoms with E-state index in [1.54, 1.807) is 0 Å². The van der Waals surface area contributed by atoms with E-state index < -0.39 is 30.2 Å². The van der Waals surface area contributed by atoms with Gasteiger partial charge in [-0.3, -0.25) is 0 Å². The molecule has 4 N–H and O–H groups in total. The summed E-state index contributed by atoms with van der Waals surface area (Å²) in [5.41, 5.74) is -0.584. The minimum Gasteiger partial charge on any atom is -0.479 e. The molecule has 2 aromatic rings. The van der Waals surface area contributed by atoms with Gasteiger partial charge in [-0.15, -0.1) is 0 Å². The number of aliphatic hydroxyl groups excluding tert-OH is 2. The molecule has 0 heterocycles. The summed E-state index contributed by atoms with van der Waals surface area (Å²) in [5.74, 6) is -1.41. The Balaban J connectivity index is 1.69. The molecule has 1 aliphatic carbocycles. The average Bonchev–Trinajstić information content (AvgIpc) is 2.59. The van der Waals surface area contributed by atoms with Gasteiger partial charge in [0.15, 0.2) is 5.60 Å². The number of aliphatic hydroxyl groups is 3. The number of benzene rings is 2. The van der Waals surface area contributed by atoms with Gasteiger partial charge in [-0.25, -0.2) is 4.79 Å². The molecule has 0 saturated carbocycles. The summed E-state index contributed by atoms with van der Waals surface area (Å²) >= 11 is 0. The third-order valence-electron chi connectivity index (χ3n) is 4.80. The predicted molar refractivity (Wildman–Crippen MR) is 94.2 cm³/mol. The van der Waals surface area contributed by atoms with Gasteiger partial charge in [0.2, 0.25) is 0 Å². The lowest BCUT2D eigenvalue weighted by atomic mass is 9.81. The van der Waals surface area contributed by atoms with Crippen molar-refractivity contribution in [2.75, 3.05) is 0 Å². The van der Waals surface area contributed by atoms with Crippen LogP contribution in [-0.2, 0) is 11.2 Å². The maximum atomic E-state index is 11.2. The lowest BCUT2D eigenvalue weighted by Crippen LogP contribution is -2.48. The van der Waals surface area contributed by atoms with E-state index >= 15 is 0 Å².